The van der Waals surface area contributed by atoms with E-state index in [1.165, 1.54) is 16.9 Å². The Balaban J connectivity index is 1.56. The van der Waals surface area contributed by atoms with E-state index in [1.807, 2.05) is 43.5 Å². The molecule has 2 aromatic rings. The number of amides is 2. The fourth-order valence-corrected chi connectivity index (χ4v) is 3.66. The summed E-state index contributed by atoms with van der Waals surface area (Å²) in [5, 5.41) is 5.52. The molecule has 0 radical (unpaired) electrons. The molecular formula is C19H23N3O3S. The van der Waals surface area contributed by atoms with Crippen molar-refractivity contribution in [1.82, 2.24) is 15.2 Å². The molecule has 26 heavy (non-hydrogen) atoms. The molecule has 1 fully saturated rings. The Morgan fingerprint density at radius 3 is 2.88 bits per heavy atom. The van der Waals surface area contributed by atoms with Gasteiger partial charge in [0.1, 0.15) is 23.4 Å². The number of piperazine rings is 1. The molecule has 138 valence electrons. The molecular weight excluding hydrogens is 350 g/mol. The SMILES string of the molecule is CC[C@H]1C(=O)NCCN1C(=O)Cc1csc(COc2ccc(C)cc2)n1. The Morgan fingerprint density at radius 1 is 1.38 bits per heavy atom. The summed E-state index contributed by atoms with van der Waals surface area (Å²) in [6, 6.07) is 7.49. The second-order valence-electron chi connectivity index (χ2n) is 6.31. The number of thiazole rings is 1. The minimum atomic E-state index is -0.376. The van der Waals surface area contributed by atoms with Crippen LogP contribution in [-0.2, 0) is 22.6 Å². The van der Waals surface area contributed by atoms with Gasteiger partial charge in [-0.1, -0.05) is 24.6 Å². The number of aryl methyl sites for hydroxylation is 1. The van der Waals surface area contributed by atoms with Gasteiger partial charge in [-0.05, 0) is 25.5 Å². The molecule has 1 N–H and O–H groups in total. The van der Waals surface area contributed by atoms with Crippen LogP contribution < -0.4 is 10.1 Å². The lowest BCUT2D eigenvalue weighted by molar-refractivity contribution is -0.142. The molecule has 1 aliphatic heterocycles. The lowest BCUT2D eigenvalue weighted by Crippen LogP contribution is -2.57. The molecule has 1 aromatic carbocycles. The highest BCUT2D eigenvalue weighted by molar-refractivity contribution is 7.09. The molecule has 6 nitrogen and oxygen atoms in total. The van der Waals surface area contributed by atoms with Crippen LogP contribution in [-0.4, -0.2) is 40.8 Å². The third-order valence-corrected chi connectivity index (χ3v) is 5.22. The molecule has 1 atom stereocenters. The highest BCUT2D eigenvalue weighted by atomic mass is 32.1. The molecule has 0 aliphatic carbocycles. The number of nitrogens with zero attached hydrogens (tertiary/aromatic N) is 2. The van der Waals surface area contributed by atoms with Crippen LogP contribution in [0, 0.1) is 6.92 Å². The summed E-state index contributed by atoms with van der Waals surface area (Å²) in [5.74, 6) is 0.675. The first-order valence-electron chi connectivity index (χ1n) is 8.76. The van der Waals surface area contributed by atoms with Crippen LogP contribution in [0.3, 0.4) is 0 Å². The zero-order valence-electron chi connectivity index (χ0n) is 15.0. The molecule has 0 spiro atoms. The van der Waals surface area contributed by atoms with Crippen molar-refractivity contribution in [3.05, 3.63) is 45.9 Å². The standard InChI is InChI=1S/C19H23N3O3S/c1-3-16-19(24)20-8-9-22(16)18(23)10-14-12-26-17(21-14)11-25-15-6-4-13(2)5-7-15/h4-7,12,16H,3,8-11H2,1-2H3,(H,20,24)/t16-/m0/s1. The van der Waals surface area contributed by atoms with Crippen LogP contribution in [0.25, 0.3) is 0 Å². The number of carbonyl (C=O) groups excluding carboxylic acids is 2. The zero-order valence-corrected chi connectivity index (χ0v) is 15.8. The second kappa shape index (κ2) is 8.31. The van der Waals surface area contributed by atoms with E-state index >= 15 is 0 Å². The fourth-order valence-electron chi connectivity index (χ4n) is 2.95. The van der Waals surface area contributed by atoms with E-state index in [9.17, 15) is 9.59 Å². The van der Waals surface area contributed by atoms with Gasteiger partial charge in [-0.25, -0.2) is 4.98 Å². The molecule has 7 heteroatoms. The van der Waals surface area contributed by atoms with Gasteiger partial charge in [0.2, 0.25) is 11.8 Å². The number of ether oxygens (including phenoxy) is 1. The van der Waals surface area contributed by atoms with Crippen molar-refractivity contribution in [2.75, 3.05) is 13.1 Å². The minimum Gasteiger partial charge on any atom is -0.486 e. The van der Waals surface area contributed by atoms with Gasteiger partial charge >= 0.3 is 0 Å². The summed E-state index contributed by atoms with van der Waals surface area (Å²) in [6.45, 7) is 5.39. The van der Waals surface area contributed by atoms with E-state index in [1.54, 1.807) is 4.90 Å². The first-order valence-corrected chi connectivity index (χ1v) is 9.64. The lowest BCUT2D eigenvalue weighted by Gasteiger charge is -2.34. The Hall–Kier alpha value is -2.41. The maximum Gasteiger partial charge on any atom is 0.242 e. The lowest BCUT2D eigenvalue weighted by atomic mass is 10.1. The van der Waals surface area contributed by atoms with E-state index < -0.39 is 0 Å². The van der Waals surface area contributed by atoms with Crippen molar-refractivity contribution in [1.29, 1.82) is 0 Å². The first-order chi connectivity index (χ1) is 12.6. The molecule has 2 amide bonds. The van der Waals surface area contributed by atoms with Crippen molar-refractivity contribution in [2.45, 2.75) is 39.3 Å². The topological polar surface area (TPSA) is 71.5 Å². The number of benzene rings is 1. The van der Waals surface area contributed by atoms with Crippen molar-refractivity contribution in [3.8, 4) is 5.75 Å². The van der Waals surface area contributed by atoms with Crippen molar-refractivity contribution < 1.29 is 14.3 Å². The van der Waals surface area contributed by atoms with Gasteiger partial charge in [-0.2, -0.15) is 0 Å². The summed E-state index contributed by atoms with van der Waals surface area (Å²) in [5.41, 5.74) is 1.91. The maximum atomic E-state index is 12.6. The third kappa shape index (κ3) is 4.40. The number of rotatable bonds is 6. The third-order valence-electron chi connectivity index (χ3n) is 4.35. The molecule has 1 aliphatic rings. The number of aromatic nitrogens is 1. The molecule has 3 rings (SSSR count). The smallest absolute Gasteiger partial charge is 0.242 e. The van der Waals surface area contributed by atoms with Crippen molar-refractivity contribution in [2.24, 2.45) is 0 Å². The molecule has 0 bridgehead atoms. The van der Waals surface area contributed by atoms with Gasteiger partial charge in [-0.15, -0.1) is 11.3 Å². The van der Waals surface area contributed by atoms with Gasteiger partial charge < -0.3 is 15.0 Å². The van der Waals surface area contributed by atoms with Crippen LogP contribution in [0.2, 0.25) is 0 Å². The maximum absolute atomic E-state index is 12.6. The van der Waals surface area contributed by atoms with Gasteiger partial charge in [0, 0.05) is 18.5 Å². The van der Waals surface area contributed by atoms with E-state index in [2.05, 4.69) is 10.3 Å². The van der Waals surface area contributed by atoms with E-state index in [0.717, 1.165) is 16.5 Å². The molecule has 2 heterocycles. The quantitative estimate of drug-likeness (QED) is 0.843. The normalized spacial score (nSPS) is 17.1. The van der Waals surface area contributed by atoms with Crippen LogP contribution in [0.4, 0.5) is 0 Å². The summed E-state index contributed by atoms with van der Waals surface area (Å²) in [6.07, 6.45) is 0.828. The van der Waals surface area contributed by atoms with Gasteiger partial charge in [-0.3, -0.25) is 9.59 Å². The monoisotopic (exact) mass is 373 g/mol. The van der Waals surface area contributed by atoms with Gasteiger partial charge in [0.15, 0.2) is 0 Å². The largest absolute Gasteiger partial charge is 0.486 e. The van der Waals surface area contributed by atoms with E-state index in [-0.39, 0.29) is 24.3 Å². The average molecular weight is 373 g/mol. The van der Waals surface area contributed by atoms with E-state index in [0.29, 0.717) is 26.1 Å². The Labute approximate surface area is 157 Å². The number of nitrogens with one attached hydrogen (secondary N) is 1. The predicted octanol–water partition coefficient (Wildman–Crippen LogP) is 2.31. The van der Waals surface area contributed by atoms with Crippen LogP contribution >= 0.6 is 11.3 Å². The highest BCUT2D eigenvalue weighted by Crippen LogP contribution is 2.17. The van der Waals surface area contributed by atoms with Gasteiger partial charge in [0.05, 0.1) is 12.1 Å². The van der Waals surface area contributed by atoms with Crippen LogP contribution in [0.15, 0.2) is 29.6 Å². The van der Waals surface area contributed by atoms with Crippen molar-refractivity contribution >= 4 is 23.2 Å². The average Bonchev–Trinajstić information content (AvgIpc) is 3.08. The number of hydrogen-bond donors (Lipinski definition) is 1. The van der Waals surface area contributed by atoms with Crippen LogP contribution in [0.5, 0.6) is 5.75 Å². The summed E-state index contributed by atoms with van der Waals surface area (Å²) >= 11 is 1.48. The highest BCUT2D eigenvalue weighted by Gasteiger charge is 2.31. The van der Waals surface area contributed by atoms with Gasteiger partial charge in [0.25, 0.3) is 0 Å². The summed E-state index contributed by atoms with van der Waals surface area (Å²) in [7, 11) is 0. The number of hydrogen-bond acceptors (Lipinski definition) is 5. The molecule has 1 saturated heterocycles. The Morgan fingerprint density at radius 2 is 2.15 bits per heavy atom. The number of carbonyl (C=O) groups is 2. The Bertz CT molecular complexity index is 773. The fraction of sp³-hybridized carbons (Fsp3) is 0.421. The summed E-state index contributed by atoms with van der Waals surface area (Å²) in [4.78, 5) is 30.6. The molecule has 1 aromatic heterocycles. The van der Waals surface area contributed by atoms with Crippen LogP contribution in [0.1, 0.15) is 29.6 Å². The minimum absolute atomic E-state index is 0.0528. The molecule has 0 unspecified atom stereocenters. The molecule has 0 saturated carbocycles. The zero-order chi connectivity index (χ0) is 18.5. The van der Waals surface area contributed by atoms with Crippen molar-refractivity contribution in [3.63, 3.8) is 0 Å². The predicted molar refractivity (Wildman–Crippen MR) is 100 cm³/mol. The first kappa shape index (κ1) is 18.4. The second-order valence-corrected chi connectivity index (χ2v) is 7.26. The van der Waals surface area contributed by atoms with E-state index in [4.69, 9.17) is 4.74 Å². The summed E-state index contributed by atoms with van der Waals surface area (Å²) < 4.78 is 5.73. The Kier molecular flexibility index (Phi) is 5.88.